The molecule has 1 aliphatic carbocycles. The maximum absolute atomic E-state index is 12.9. The Hall–Kier alpha value is -2.54. The molecular weight excluding hydrogens is 388 g/mol. The Morgan fingerprint density at radius 1 is 1.13 bits per heavy atom. The average molecular weight is 423 g/mol. The van der Waals surface area contributed by atoms with Crippen LogP contribution in [0.2, 0.25) is 0 Å². The Morgan fingerprint density at radius 2 is 1.90 bits per heavy atom. The number of piperidine rings is 1. The summed E-state index contributed by atoms with van der Waals surface area (Å²) in [7, 11) is 1.99. The molecule has 7 nitrogen and oxygen atoms in total. The van der Waals surface area contributed by atoms with Crippen LogP contribution in [-0.4, -0.2) is 63.4 Å². The quantitative estimate of drug-likeness (QED) is 0.761. The highest BCUT2D eigenvalue weighted by molar-refractivity contribution is 5.78. The molecule has 1 saturated heterocycles. The van der Waals surface area contributed by atoms with Gasteiger partial charge in [0.25, 0.3) is 0 Å². The fourth-order valence-electron chi connectivity index (χ4n) is 4.88. The van der Waals surface area contributed by atoms with Gasteiger partial charge in [-0.05, 0) is 57.4 Å². The summed E-state index contributed by atoms with van der Waals surface area (Å²) < 4.78 is 0. The van der Waals surface area contributed by atoms with E-state index in [9.17, 15) is 4.79 Å². The van der Waals surface area contributed by atoms with E-state index in [1.54, 1.807) is 18.5 Å². The molecule has 7 heteroatoms. The van der Waals surface area contributed by atoms with Crippen LogP contribution in [-0.2, 0) is 4.79 Å². The number of nitrogens with one attached hydrogen (secondary N) is 1. The molecule has 1 amide bonds. The monoisotopic (exact) mass is 422 g/mol. The van der Waals surface area contributed by atoms with E-state index in [0.29, 0.717) is 24.5 Å². The van der Waals surface area contributed by atoms with E-state index in [1.165, 1.54) is 19.3 Å². The van der Waals surface area contributed by atoms with Crippen LogP contribution in [0.1, 0.15) is 62.3 Å². The van der Waals surface area contributed by atoms with Crippen LogP contribution in [0.25, 0.3) is 0 Å². The summed E-state index contributed by atoms with van der Waals surface area (Å²) in [6.45, 7) is 4.39. The molecule has 1 aliphatic heterocycles. The van der Waals surface area contributed by atoms with Crippen molar-refractivity contribution in [1.29, 1.82) is 0 Å². The molecule has 4 rings (SSSR count). The number of carbonyl (C=O) groups excluding carboxylic acids is 1. The first-order chi connectivity index (χ1) is 15.1. The van der Waals surface area contributed by atoms with Gasteiger partial charge in [0.05, 0.1) is 6.54 Å². The third-order valence-corrected chi connectivity index (χ3v) is 6.59. The molecule has 0 aromatic carbocycles. The highest BCUT2D eigenvalue weighted by atomic mass is 16.2. The highest BCUT2D eigenvalue weighted by Crippen LogP contribution is 2.29. The van der Waals surface area contributed by atoms with Crippen molar-refractivity contribution in [1.82, 2.24) is 24.8 Å². The van der Waals surface area contributed by atoms with E-state index >= 15 is 0 Å². The van der Waals surface area contributed by atoms with Gasteiger partial charge in [-0.3, -0.25) is 14.7 Å². The largest absolute Gasteiger partial charge is 0.342 e. The minimum atomic E-state index is 0.258. The lowest BCUT2D eigenvalue weighted by Crippen LogP contribution is -2.46. The van der Waals surface area contributed by atoms with Crippen molar-refractivity contribution < 1.29 is 4.79 Å². The van der Waals surface area contributed by atoms with Gasteiger partial charge in [-0.25, -0.2) is 9.97 Å². The smallest absolute Gasteiger partial charge is 0.236 e. The minimum absolute atomic E-state index is 0.258. The van der Waals surface area contributed by atoms with Gasteiger partial charge in [0.1, 0.15) is 0 Å². The predicted octanol–water partition coefficient (Wildman–Crippen LogP) is 3.89. The van der Waals surface area contributed by atoms with Crippen LogP contribution in [0.5, 0.6) is 0 Å². The maximum atomic E-state index is 12.9. The lowest BCUT2D eigenvalue weighted by atomic mass is 9.93. The predicted molar refractivity (Wildman–Crippen MR) is 122 cm³/mol. The number of pyridine rings is 1. The third kappa shape index (κ3) is 5.79. The van der Waals surface area contributed by atoms with Crippen LogP contribution in [0.4, 0.5) is 11.6 Å². The van der Waals surface area contributed by atoms with Gasteiger partial charge in [-0.1, -0.05) is 19.3 Å². The first kappa shape index (κ1) is 21.7. The summed E-state index contributed by atoms with van der Waals surface area (Å²) >= 11 is 0. The van der Waals surface area contributed by atoms with Crippen LogP contribution >= 0.6 is 0 Å². The molecule has 0 bridgehead atoms. The number of aromatic nitrogens is 3. The molecule has 31 heavy (non-hydrogen) atoms. The molecule has 1 saturated carbocycles. The molecule has 0 spiro atoms. The molecular formula is C24H34N6O. The number of nitrogens with zero attached hydrogens (tertiary/aromatic N) is 5. The fourth-order valence-corrected chi connectivity index (χ4v) is 4.88. The van der Waals surface area contributed by atoms with Gasteiger partial charge in [0.15, 0.2) is 0 Å². The lowest BCUT2D eigenvalue weighted by molar-refractivity contribution is -0.134. The van der Waals surface area contributed by atoms with E-state index in [2.05, 4.69) is 26.3 Å². The van der Waals surface area contributed by atoms with Gasteiger partial charge in [-0.15, -0.1) is 0 Å². The molecule has 2 aromatic rings. The number of likely N-dealkylation sites (tertiary alicyclic amines) is 1. The first-order valence-electron chi connectivity index (χ1n) is 11.6. The molecule has 1 atom stereocenters. The van der Waals surface area contributed by atoms with Crippen molar-refractivity contribution in [3.05, 3.63) is 42.0 Å². The molecule has 1 N–H and O–H groups in total. The Labute approximate surface area is 185 Å². The molecule has 0 radical (unpaired) electrons. The van der Waals surface area contributed by atoms with E-state index in [-0.39, 0.29) is 5.91 Å². The zero-order valence-electron chi connectivity index (χ0n) is 18.8. The molecule has 166 valence electrons. The second-order valence-corrected chi connectivity index (χ2v) is 8.99. The van der Waals surface area contributed by atoms with Crippen molar-refractivity contribution in [2.45, 2.75) is 63.8 Å². The summed E-state index contributed by atoms with van der Waals surface area (Å²) in [5.74, 6) is 1.17. The molecule has 2 fully saturated rings. The summed E-state index contributed by atoms with van der Waals surface area (Å²) in [6.07, 6.45) is 11.7. The number of hydrogen-bond acceptors (Lipinski definition) is 6. The number of hydrogen-bond donors (Lipinski definition) is 1. The highest BCUT2D eigenvalue weighted by Gasteiger charge is 2.27. The number of carbonyl (C=O) groups is 1. The number of anilines is 2. The van der Waals surface area contributed by atoms with Crippen LogP contribution in [0, 0.1) is 6.92 Å². The number of amides is 1. The van der Waals surface area contributed by atoms with E-state index < -0.39 is 0 Å². The normalized spacial score (nSPS) is 20.4. The van der Waals surface area contributed by atoms with Gasteiger partial charge in [0.2, 0.25) is 11.9 Å². The first-order valence-corrected chi connectivity index (χ1v) is 11.6. The summed E-state index contributed by atoms with van der Waals surface area (Å²) in [5, 5.41) is 3.28. The van der Waals surface area contributed by atoms with E-state index in [0.717, 1.165) is 55.8 Å². The molecule has 3 heterocycles. The van der Waals surface area contributed by atoms with Crippen LogP contribution in [0.3, 0.4) is 0 Å². The average Bonchev–Trinajstić information content (AvgIpc) is 2.79. The standard InChI is InChI=1S/C24H34N6O/c1-18-14-20(28-24-25-11-7-12-26-24)15-22(27-18)19-8-6-13-30(16-19)17-23(31)29(2)21-9-4-3-5-10-21/h7,11-12,14-15,19,21H,3-6,8-10,13,16-17H2,1-2H3,(H,25,26,27,28)/t19-/m0/s1. The lowest BCUT2D eigenvalue weighted by Gasteiger charge is -2.36. The SMILES string of the molecule is Cc1cc(Nc2ncccn2)cc([C@H]2CCCN(CC(=O)N(C)C3CCCCC3)C2)n1. The summed E-state index contributed by atoms with van der Waals surface area (Å²) in [4.78, 5) is 30.6. The van der Waals surface area contributed by atoms with Gasteiger partial charge in [-0.2, -0.15) is 0 Å². The zero-order chi connectivity index (χ0) is 21.6. The Balaban J connectivity index is 1.39. The van der Waals surface area contributed by atoms with Crippen molar-refractivity contribution in [2.24, 2.45) is 0 Å². The van der Waals surface area contributed by atoms with E-state index in [1.807, 2.05) is 24.9 Å². The Morgan fingerprint density at radius 3 is 2.68 bits per heavy atom. The van der Waals surface area contributed by atoms with Crippen molar-refractivity contribution in [3.63, 3.8) is 0 Å². The minimum Gasteiger partial charge on any atom is -0.342 e. The fraction of sp³-hybridized carbons (Fsp3) is 0.583. The number of likely N-dealkylation sites (N-methyl/N-ethyl adjacent to an activating group) is 1. The van der Waals surface area contributed by atoms with Crippen LogP contribution < -0.4 is 5.32 Å². The second kappa shape index (κ2) is 10.2. The van der Waals surface area contributed by atoms with Gasteiger partial charge >= 0.3 is 0 Å². The Bertz CT molecular complexity index is 868. The van der Waals surface area contributed by atoms with Crippen molar-refractivity contribution in [2.75, 3.05) is 32.0 Å². The maximum Gasteiger partial charge on any atom is 0.236 e. The molecule has 0 unspecified atom stereocenters. The second-order valence-electron chi connectivity index (χ2n) is 8.99. The topological polar surface area (TPSA) is 74.2 Å². The van der Waals surface area contributed by atoms with E-state index in [4.69, 9.17) is 4.98 Å². The van der Waals surface area contributed by atoms with Gasteiger partial charge in [0, 0.05) is 55.0 Å². The van der Waals surface area contributed by atoms with Crippen molar-refractivity contribution >= 4 is 17.5 Å². The number of rotatable bonds is 6. The number of aryl methyl sites for hydroxylation is 1. The summed E-state index contributed by atoms with van der Waals surface area (Å²) in [6, 6.07) is 6.35. The molecule has 2 aliphatic rings. The van der Waals surface area contributed by atoms with Crippen molar-refractivity contribution in [3.8, 4) is 0 Å². The van der Waals surface area contributed by atoms with Gasteiger partial charge < -0.3 is 10.2 Å². The van der Waals surface area contributed by atoms with Crippen LogP contribution in [0.15, 0.2) is 30.6 Å². The summed E-state index contributed by atoms with van der Waals surface area (Å²) in [5.41, 5.74) is 3.01. The zero-order valence-corrected chi connectivity index (χ0v) is 18.8. The Kier molecular flexibility index (Phi) is 7.12. The molecule has 2 aromatic heterocycles. The third-order valence-electron chi connectivity index (χ3n) is 6.59.